The van der Waals surface area contributed by atoms with Gasteiger partial charge in [0.1, 0.15) is 4.88 Å². The number of nitrogens with one attached hydrogen (secondary N) is 1. The molecule has 2 aromatic rings. The Morgan fingerprint density at radius 2 is 2.33 bits per heavy atom. The molecule has 0 aromatic carbocycles. The van der Waals surface area contributed by atoms with Crippen molar-refractivity contribution in [2.45, 2.75) is 19.5 Å². The molecular formula is C13H14N2O2S. The molecule has 0 radical (unpaired) electrons. The Balaban J connectivity index is 1.99. The van der Waals surface area contributed by atoms with Crippen molar-refractivity contribution in [3.63, 3.8) is 0 Å². The lowest BCUT2D eigenvalue weighted by atomic mass is 10.2. The predicted octanol–water partition coefficient (Wildman–Crippen LogP) is 2.69. The molecule has 0 aliphatic rings. The number of carboxylic acid groups (broad SMARTS) is 1. The van der Waals surface area contributed by atoms with E-state index in [0.29, 0.717) is 11.4 Å². The highest BCUT2D eigenvalue weighted by molar-refractivity contribution is 7.12. The standard InChI is InChI=1S/C13H14N2O2S/c1-9(11-4-2-3-6-14-11)15-8-10-5-7-18-12(10)13(16)17/h2-7,9,15H,8H2,1H3,(H,16,17)/t9-/m0/s1. The zero-order valence-electron chi connectivity index (χ0n) is 9.96. The Morgan fingerprint density at radius 3 is 3.00 bits per heavy atom. The second-order valence-corrected chi connectivity index (χ2v) is 4.85. The molecule has 4 nitrogen and oxygen atoms in total. The SMILES string of the molecule is C[C@H](NCc1ccsc1C(=O)O)c1ccccn1. The first-order valence-corrected chi connectivity index (χ1v) is 6.50. The zero-order valence-corrected chi connectivity index (χ0v) is 10.8. The van der Waals surface area contributed by atoms with Crippen LogP contribution in [0.2, 0.25) is 0 Å². The number of hydrogen-bond acceptors (Lipinski definition) is 4. The summed E-state index contributed by atoms with van der Waals surface area (Å²) >= 11 is 1.25. The quantitative estimate of drug-likeness (QED) is 0.869. The summed E-state index contributed by atoms with van der Waals surface area (Å²) in [6.07, 6.45) is 1.75. The molecule has 0 spiro atoms. The van der Waals surface area contributed by atoms with Gasteiger partial charge in [0.25, 0.3) is 0 Å². The molecule has 0 amide bonds. The van der Waals surface area contributed by atoms with Crippen LogP contribution in [0.25, 0.3) is 0 Å². The van der Waals surface area contributed by atoms with Crippen LogP contribution in [0.1, 0.15) is 33.9 Å². The highest BCUT2D eigenvalue weighted by Crippen LogP contribution is 2.18. The van der Waals surface area contributed by atoms with Gasteiger partial charge in [-0.2, -0.15) is 0 Å². The number of aromatic carboxylic acids is 1. The third-order valence-corrected chi connectivity index (χ3v) is 3.62. The minimum absolute atomic E-state index is 0.0905. The fourth-order valence-corrected chi connectivity index (χ4v) is 2.42. The first-order valence-electron chi connectivity index (χ1n) is 5.62. The molecule has 5 heteroatoms. The van der Waals surface area contributed by atoms with Gasteiger partial charge >= 0.3 is 5.97 Å². The van der Waals surface area contributed by atoms with E-state index in [4.69, 9.17) is 5.11 Å². The number of aromatic nitrogens is 1. The summed E-state index contributed by atoms with van der Waals surface area (Å²) in [5, 5.41) is 14.1. The van der Waals surface area contributed by atoms with E-state index in [1.807, 2.05) is 31.2 Å². The predicted molar refractivity (Wildman–Crippen MR) is 70.8 cm³/mol. The van der Waals surface area contributed by atoms with Crippen LogP contribution in [0.5, 0.6) is 0 Å². The maximum atomic E-state index is 11.0. The van der Waals surface area contributed by atoms with E-state index in [1.54, 1.807) is 11.6 Å². The van der Waals surface area contributed by atoms with E-state index in [1.165, 1.54) is 11.3 Å². The number of thiophene rings is 1. The minimum atomic E-state index is -0.868. The molecule has 2 heterocycles. The van der Waals surface area contributed by atoms with Crippen molar-refractivity contribution in [3.8, 4) is 0 Å². The van der Waals surface area contributed by atoms with Crippen molar-refractivity contribution in [3.05, 3.63) is 52.0 Å². The second-order valence-electron chi connectivity index (χ2n) is 3.94. The van der Waals surface area contributed by atoms with Gasteiger partial charge in [0.2, 0.25) is 0 Å². The number of nitrogens with zero attached hydrogens (tertiary/aromatic N) is 1. The van der Waals surface area contributed by atoms with Crippen LogP contribution in [-0.4, -0.2) is 16.1 Å². The van der Waals surface area contributed by atoms with Crippen molar-refractivity contribution < 1.29 is 9.90 Å². The van der Waals surface area contributed by atoms with Gasteiger partial charge in [0, 0.05) is 18.8 Å². The topological polar surface area (TPSA) is 62.2 Å². The first-order chi connectivity index (χ1) is 8.68. The molecule has 0 saturated heterocycles. The van der Waals surface area contributed by atoms with Gasteiger partial charge in [-0.15, -0.1) is 11.3 Å². The van der Waals surface area contributed by atoms with E-state index in [0.717, 1.165) is 11.3 Å². The lowest BCUT2D eigenvalue weighted by Gasteiger charge is -2.12. The molecule has 2 N–H and O–H groups in total. The molecule has 1 atom stereocenters. The summed E-state index contributed by atoms with van der Waals surface area (Å²) in [7, 11) is 0. The van der Waals surface area contributed by atoms with Gasteiger partial charge in [0.15, 0.2) is 0 Å². The summed E-state index contributed by atoms with van der Waals surface area (Å²) in [6, 6.07) is 7.69. The van der Waals surface area contributed by atoms with Crippen LogP contribution >= 0.6 is 11.3 Å². The van der Waals surface area contributed by atoms with E-state index in [2.05, 4.69) is 10.3 Å². The first kappa shape index (κ1) is 12.7. The van der Waals surface area contributed by atoms with E-state index in [9.17, 15) is 4.79 Å². The van der Waals surface area contributed by atoms with Gasteiger partial charge < -0.3 is 10.4 Å². The number of hydrogen-bond donors (Lipinski definition) is 2. The molecule has 2 aromatic heterocycles. The summed E-state index contributed by atoms with van der Waals surface area (Å²) in [5.41, 5.74) is 1.76. The normalized spacial score (nSPS) is 12.3. The Morgan fingerprint density at radius 1 is 1.50 bits per heavy atom. The average molecular weight is 262 g/mol. The van der Waals surface area contributed by atoms with E-state index >= 15 is 0 Å². The van der Waals surface area contributed by atoms with Gasteiger partial charge in [-0.25, -0.2) is 4.79 Å². The molecule has 0 bridgehead atoms. The van der Waals surface area contributed by atoms with Gasteiger partial charge in [-0.05, 0) is 36.1 Å². The molecule has 0 saturated carbocycles. The molecule has 0 aliphatic carbocycles. The molecule has 18 heavy (non-hydrogen) atoms. The highest BCUT2D eigenvalue weighted by atomic mass is 32.1. The Bertz CT molecular complexity index is 525. The second kappa shape index (κ2) is 5.75. The molecular weight excluding hydrogens is 248 g/mol. The lowest BCUT2D eigenvalue weighted by Crippen LogP contribution is -2.19. The van der Waals surface area contributed by atoms with Crippen molar-refractivity contribution in [2.24, 2.45) is 0 Å². The van der Waals surface area contributed by atoms with E-state index < -0.39 is 5.97 Å². The lowest BCUT2D eigenvalue weighted by molar-refractivity contribution is 0.0701. The Hall–Kier alpha value is -1.72. The molecule has 94 valence electrons. The number of carbonyl (C=O) groups is 1. The average Bonchev–Trinajstić information content (AvgIpc) is 2.85. The summed E-state index contributed by atoms with van der Waals surface area (Å²) in [6.45, 7) is 2.54. The minimum Gasteiger partial charge on any atom is -0.477 e. The number of rotatable bonds is 5. The molecule has 2 rings (SSSR count). The summed E-state index contributed by atoms with van der Waals surface area (Å²) in [5.74, 6) is -0.868. The Labute approximate surface area is 109 Å². The van der Waals surface area contributed by atoms with E-state index in [-0.39, 0.29) is 6.04 Å². The Kier molecular flexibility index (Phi) is 4.07. The van der Waals surface area contributed by atoms with Crippen LogP contribution in [0, 0.1) is 0 Å². The largest absolute Gasteiger partial charge is 0.477 e. The highest BCUT2D eigenvalue weighted by Gasteiger charge is 2.12. The van der Waals surface area contributed by atoms with Crippen LogP contribution in [0.4, 0.5) is 0 Å². The van der Waals surface area contributed by atoms with Crippen LogP contribution in [-0.2, 0) is 6.54 Å². The maximum absolute atomic E-state index is 11.0. The smallest absolute Gasteiger partial charge is 0.346 e. The number of pyridine rings is 1. The van der Waals surface area contributed by atoms with Gasteiger partial charge in [0.05, 0.1) is 5.69 Å². The van der Waals surface area contributed by atoms with Crippen molar-refractivity contribution >= 4 is 17.3 Å². The summed E-state index contributed by atoms with van der Waals surface area (Å²) in [4.78, 5) is 15.6. The molecule has 0 fully saturated rings. The van der Waals surface area contributed by atoms with Gasteiger partial charge in [-0.3, -0.25) is 4.98 Å². The fraction of sp³-hybridized carbons (Fsp3) is 0.231. The fourth-order valence-electron chi connectivity index (χ4n) is 1.66. The van der Waals surface area contributed by atoms with Crippen molar-refractivity contribution in [2.75, 3.05) is 0 Å². The van der Waals surface area contributed by atoms with Crippen molar-refractivity contribution in [1.82, 2.24) is 10.3 Å². The van der Waals surface area contributed by atoms with Crippen molar-refractivity contribution in [1.29, 1.82) is 0 Å². The van der Waals surface area contributed by atoms with Crippen LogP contribution in [0.3, 0.4) is 0 Å². The number of carboxylic acids is 1. The third-order valence-electron chi connectivity index (χ3n) is 2.67. The monoisotopic (exact) mass is 262 g/mol. The third kappa shape index (κ3) is 2.94. The zero-order chi connectivity index (χ0) is 13.0. The summed E-state index contributed by atoms with van der Waals surface area (Å²) < 4.78 is 0. The van der Waals surface area contributed by atoms with Crippen LogP contribution in [0.15, 0.2) is 35.8 Å². The molecule has 0 aliphatic heterocycles. The molecule has 0 unspecified atom stereocenters. The maximum Gasteiger partial charge on any atom is 0.346 e. The van der Waals surface area contributed by atoms with Crippen LogP contribution < -0.4 is 5.32 Å². The van der Waals surface area contributed by atoms with Gasteiger partial charge in [-0.1, -0.05) is 6.07 Å².